The lowest BCUT2D eigenvalue weighted by molar-refractivity contribution is 0.286. The minimum Gasteiger partial charge on any atom is -0.366 e. The van der Waals surface area contributed by atoms with Gasteiger partial charge in [-0.3, -0.25) is 9.88 Å². The smallest absolute Gasteiger partial charge is 0.144 e. The Balaban J connectivity index is 1.40. The molecule has 1 aliphatic heterocycles. The fourth-order valence-electron chi connectivity index (χ4n) is 4.37. The molecule has 2 aromatic rings. The maximum absolute atomic E-state index is 4.57. The molecule has 0 aromatic carbocycles. The summed E-state index contributed by atoms with van der Waals surface area (Å²) in [5, 5.41) is 3.60. The second-order valence-corrected chi connectivity index (χ2v) is 7.38. The second-order valence-electron chi connectivity index (χ2n) is 7.38. The Morgan fingerprint density at radius 1 is 1.17 bits per heavy atom. The van der Waals surface area contributed by atoms with Crippen LogP contribution >= 0.6 is 0 Å². The van der Waals surface area contributed by atoms with Gasteiger partial charge >= 0.3 is 0 Å². The Labute approximate surface area is 143 Å². The lowest BCUT2D eigenvalue weighted by Gasteiger charge is -2.22. The fraction of sp³-hybridized carbons (Fsp3) is 0.611. The Kier molecular flexibility index (Phi) is 4.22. The van der Waals surface area contributed by atoms with Crippen molar-refractivity contribution >= 4 is 5.82 Å². The molecule has 0 unspecified atom stereocenters. The molecule has 4 rings (SSSR count). The van der Waals surface area contributed by atoms with Gasteiger partial charge in [0.25, 0.3) is 0 Å². The van der Waals surface area contributed by atoms with E-state index in [9.17, 15) is 0 Å². The number of rotatable bonds is 5. The Morgan fingerprint density at radius 2 is 2.08 bits per heavy atom. The highest BCUT2D eigenvalue weighted by Crippen LogP contribution is 2.39. The van der Waals surface area contributed by atoms with Crippen LogP contribution in [0.5, 0.6) is 0 Å². The summed E-state index contributed by atoms with van der Waals surface area (Å²) in [5.74, 6) is 3.58. The van der Waals surface area contributed by atoms with Crippen molar-refractivity contribution in [3.05, 3.63) is 36.8 Å². The van der Waals surface area contributed by atoms with Crippen molar-refractivity contribution in [2.45, 2.75) is 45.3 Å². The number of anilines is 1. The molecule has 0 bridgehead atoms. The summed E-state index contributed by atoms with van der Waals surface area (Å²) in [6, 6.07) is 0.984. The zero-order chi connectivity index (χ0) is 16.5. The first-order chi connectivity index (χ1) is 11.7. The Bertz CT molecular complexity index is 667. The molecule has 1 aliphatic carbocycles. The van der Waals surface area contributed by atoms with E-state index in [-0.39, 0.29) is 0 Å². The van der Waals surface area contributed by atoms with Crippen LogP contribution in [0.15, 0.2) is 31.0 Å². The van der Waals surface area contributed by atoms with E-state index in [2.05, 4.69) is 49.8 Å². The van der Waals surface area contributed by atoms with Crippen LogP contribution in [-0.2, 0) is 6.54 Å². The minimum absolute atomic E-state index is 0.468. The molecule has 3 heterocycles. The van der Waals surface area contributed by atoms with Gasteiger partial charge in [-0.2, -0.15) is 0 Å². The number of aromatic nitrogens is 4. The van der Waals surface area contributed by atoms with E-state index < -0.39 is 0 Å². The molecule has 128 valence electrons. The lowest BCUT2D eigenvalue weighted by Crippen LogP contribution is -2.30. The van der Waals surface area contributed by atoms with Gasteiger partial charge in [-0.1, -0.05) is 0 Å². The Morgan fingerprint density at radius 3 is 2.88 bits per heavy atom. The maximum atomic E-state index is 4.57. The molecule has 2 aromatic heterocycles. The highest BCUT2D eigenvalue weighted by molar-refractivity contribution is 5.32. The van der Waals surface area contributed by atoms with E-state index in [4.69, 9.17) is 0 Å². The van der Waals surface area contributed by atoms with Gasteiger partial charge in [0.1, 0.15) is 11.6 Å². The van der Waals surface area contributed by atoms with E-state index in [1.54, 1.807) is 12.4 Å². The summed E-state index contributed by atoms with van der Waals surface area (Å²) in [4.78, 5) is 15.7. The molecule has 2 aliphatic rings. The van der Waals surface area contributed by atoms with Crippen molar-refractivity contribution in [3.8, 4) is 0 Å². The first-order valence-corrected chi connectivity index (χ1v) is 8.97. The fourth-order valence-corrected chi connectivity index (χ4v) is 4.37. The molecule has 3 atom stereocenters. The van der Waals surface area contributed by atoms with Gasteiger partial charge in [0.05, 0.1) is 12.7 Å². The number of hydrogen-bond acceptors (Lipinski definition) is 5. The molecular formula is C18H26N6. The van der Waals surface area contributed by atoms with Crippen LogP contribution in [0.3, 0.4) is 0 Å². The summed E-state index contributed by atoms with van der Waals surface area (Å²) in [6.07, 6.45) is 11.8. The molecule has 0 spiro atoms. The third-order valence-electron chi connectivity index (χ3n) is 5.50. The van der Waals surface area contributed by atoms with E-state index in [0.717, 1.165) is 24.8 Å². The first-order valence-electron chi connectivity index (χ1n) is 8.97. The number of hydrogen-bond donors (Lipinski definition) is 1. The zero-order valence-electron chi connectivity index (χ0n) is 14.5. The van der Waals surface area contributed by atoms with Crippen LogP contribution in [0, 0.1) is 11.8 Å². The molecule has 0 amide bonds. The van der Waals surface area contributed by atoms with Gasteiger partial charge in [-0.05, 0) is 38.5 Å². The Hall–Kier alpha value is -1.95. The number of nitrogens with zero attached hydrogens (tertiary/aromatic N) is 5. The number of fused-ring (bicyclic) bond motifs is 1. The maximum Gasteiger partial charge on any atom is 0.144 e. The van der Waals surface area contributed by atoms with E-state index in [1.807, 2.05) is 12.4 Å². The summed E-state index contributed by atoms with van der Waals surface area (Å²) < 4.78 is 2.28. The van der Waals surface area contributed by atoms with Gasteiger partial charge in [-0.25, -0.2) is 9.97 Å². The van der Waals surface area contributed by atoms with Crippen molar-refractivity contribution < 1.29 is 0 Å². The predicted octanol–water partition coefficient (Wildman–Crippen LogP) is 2.58. The van der Waals surface area contributed by atoms with Crippen molar-refractivity contribution in [3.63, 3.8) is 0 Å². The zero-order valence-corrected chi connectivity index (χ0v) is 14.5. The highest BCUT2D eigenvalue weighted by Gasteiger charge is 2.42. The standard InChI is InChI=1S/C18H26N6/c1-13(2)24-8-7-21-18(24)12-23-10-14-3-4-16(15(14)11-23)22-17-9-19-5-6-20-17/h5-9,13-16H,3-4,10-12H2,1-2H3,(H,20,22)/t14-,15+,16+/m0/s1. The average Bonchev–Trinajstić information content (AvgIpc) is 3.26. The molecular weight excluding hydrogens is 300 g/mol. The first kappa shape index (κ1) is 15.6. The van der Waals surface area contributed by atoms with Crippen LogP contribution in [0.1, 0.15) is 38.6 Å². The van der Waals surface area contributed by atoms with E-state index in [0.29, 0.717) is 18.0 Å². The molecule has 0 radical (unpaired) electrons. The molecule has 1 saturated carbocycles. The third-order valence-corrected chi connectivity index (χ3v) is 5.50. The van der Waals surface area contributed by atoms with Gasteiger partial charge in [0, 0.05) is 50.0 Å². The molecule has 1 N–H and O–H groups in total. The van der Waals surface area contributed by atoms with Crippen LogP contribution in [-0.4, -0.2) is 43.6 Å². The average molecular weight is 326 g/mol. The van der Waals surface area contributed by atoms with Crippen molar-refractivity contribution in [1.82, 2.24) is 24.4 Å². The normalized spacial score (nSPS) is 26.9. The minimum atomic E-state index is 0.468. The van der Waals surface area contributed by atoms with Crippen LogP contribution in [0.25, 0.3) is 0 Å². The second kappa shape index (κ2) is 6.51. The van der Waals surface area contributed by atoms with E-state index in [1.165, 1.54) is 25.2 Å². The lowest BCUT2D eigenvalue weighted by atomic mass is 9.98. The number of nitrogens with one attached hydrogen (secondary N) is 1. The third kappa shape index (κ3) is 3.02. The van der Waals surface area contributed by atoms with Gasteiger partial charge in [0.15, 0.2) is 0 Å². The van der Waals surface area contributed by atoms with Gasteiger partial charge in [-0.15, -0.1) is 0 Å². The summed E-state index contributed by atoms with van der Waals surface area (Å²) in [7, 11) is 0. The molecule has 1 saturated heterocycles. The van der Waals surface area contributed by atoms with Gasteiger partial charge < -0.3 is 9.88 Å². The predicted molar refractivity (Wildman–Crippen MR) is 93.5 cm³/mol. The molecule has 2 fully saturated rings. The van der Waals surface area contributed by atoms with Crippen molar-refractivity contribution in [2.24, 2.45) is 11.8 Å². The van der Waals surface area contributed by atoms with Crippen LogP contribution < -0.4 is 5.32 Å². The highest BCUT2D eigenvalue weighted by atomic mass is 15.2. The topological polar surface area (TPSA) is 58.9 Å². The summed E-state index contributed by atoms with van der Waals surface area (Å²) in [5.41, 5.74) is 0. The molecule has 6 nitrogen and oxygen atoms in total. The largest absolute Gasteiger partial charge is 0.366 e. The van der Waals surface area contributed by atoms with Crippen LogP contribution in [0.4, 0.5) is 5.82 Å². The number of likely N-dealkylation sites (tertiary alicyclic amines) is 1. The monoisotopic (exact) mass is 326 g/mol. The quantitative estimate of drug-likeness (QED) is 0.915. The summed E-state index contributed by atoms with van der Waals surface area (Å²) in [6.45, 7) is 7.72. The van der Waals surface area contributed by atoms with Crippen molar-refractivity contribution in [2.75, 3.05) is 18.4 Å². The van der Waals surface area contributed by atoms with Crippen LogP contribution in [0.2, 0.25) is 0 Å². The molecule has 24 heavy (non-hydrogen) atoms. The summed E-state index contributed by atoms with van der Waals surface area (Å²) >= 11 is 0. The SMILES string of the molecule is CC(C)n1ccnc1CN1C[C@@H]2CC[C@@H](Nc3cnccn3)[C@@H]2C1. The van der Waals surface area contributed by atoms with Gasteiger partial charge in [0.2, 0.25) is 0 Å². The van der Waals surface area contributed by atoms with E-state index >= 15 is 0 Å². The molecule has 6 heteroatoms. The number of imidazole rings is 1. The van der Waals surface area contributed by atoms with Crippen molar-refractivity contribution in [1.29, 1.82) is 0 Å².